The normalized spacial score (nSPS) is 13.5. The molecule has 2 aromatic carbocycles. The largest absolute Gasteiger partial charge is 0.497 e. The van der Waals surface area contributed by atoms with Gasteiger partial charge in [-0.15, -0.1) is 0 Å². The maximum Gasteiger partial charge on any atom is 0.118 e. The first-order valence-corrected chi connectivity index (χ1v) is 7.14. The molecule has 0 spiro atoms. The Hall–Kier alpha value is -2.00. The highest BCUT2D eigenvalue weighted by atomic mass is 16.5. The number of aliphatic hydroxyl groups excluding tert-OH is 1. The molecule has 3 heteroatoms. The molecule has 112 valence electrons. The first-order valence-electron chi connectivity index (χ1n) is 7.14. The molecule has 0 radical (unpaired) electrons. The molecule has 2 N–H and O–H groups in total. The van der Waals surface area contributed by atoms with Gasteiger partial charge in [0.15, 0.2) is 0 Å². The fourth-order valence-corrected chi connectivity index (χ4v) is 2.37. The number of methoxy groups -OCH3 is 1. The van der Waals surface area contributed by atoms with Crippen LogP contribution in [0.1, 0.15) is 18.1 Å². The highest BCUT2D eigenvalue weighted by Crippen LogP contribution is 2.23. The molecule has 0 amide bonds. The standard InChI is InChI=1S/C18H23NO2/c1-14-6-4-5-7-17(14)19-18(2,13-20)12-15-8-10-16(21-3)11-9-15/h4-11,19-20H,12-13H2,1-3H3. The summed E-state index contributed by atoms with van der Waals surface area (Å²) in [5.74, 6) is 0.844. The van der Waals surface area contributed by atoms with E-state index in [9.17, 15) is 5.11 Å². The van der Waals surface area contributed by atoms with Gasteiger partial charge in [0.1, 0.15) is 5.75 Å². The van der Waals surface area contributed by atoms with Crippen LogP contribution in [0.4, 0.5) is 5.69 Å². The highest BCUT2D eigenvalue weighted by Gasteiger charge is 2.24. The summed E-state index contributed by atoms with van der Waals surface area (Å²) >= 11 is 0. The fourth-order valence-electron chi connectivity index (χ4n) is 2.37. The van der Waals surface area contributed by atoms with Crippen molar-refractivity contribution in [3.05, 3.63) is 59.7 Å². The van der Waals surface area contributed by atoms with Crippen molar-refractivity contribution >= 4 is 5.69 Å². The lowest BCUT2D eigenvalue weighted by atomic mass is 9.92. The van der Waals surface area contributed by atoms with Gasteiger partial charge in [0.25, 0.3) is 0 Å². The number of aliphatic hydroxyl groups is 1. The Balaban J connectivity index is 2.14. The van der Waals surface area contributed by atoms with E-state index in [1.807, 2.05) is 49.4 Å². The Bertz CT molecular complexity index is 580. The van der Waals surface area contributed by atoms with Crippen LogP contribution in [-0.2, 0) is 6.42 Å². The molecule has 0 saturated carbocycles. The molecule has 1 atom stereocenters. The second-order valence-electron chi connectivity index (χ2n) is 5.68. The van der Waals surface area contributed by atoms with Crippen molar-refractivity contribution in [1.29, 1.82) is 0 Å². The van der Waals surface area contributed by atoms with Crippen LogP contribution in [0.3, 0.4) is 0 Å². The van der Waals surface area contributed by atoms with Gasteiger partial charge in [0.2, 0.25) is 0 Å². The van der Waals surface area contributed by atoms with Crippen molar-refractivity contribution in [2.75, 3.05) is 19.0 Å². The van der Waals surface area contributed by atoms with Gasteiger partial charge in [-0.2, -0.15) is 0 Å². The van der Waals surface area contributed by atoms with E-state index < -0.39 is 5.54 Å². The first-order chi connectivity index (χ1) is 10.1. The predicted molar refractivity (Wildman–Crippen MR) is 87.0 cm³/mol. The lowest BCUT2D eigenvalue weighted by Crippen LogP contribution is -2.41. The maximum atomic E-state index is 9.81. The smallest absolute Gasteiger partial charge is 0.118 e. The van der Waals surface area contributed by atoms with Crippen LogP contribution in [0, 0.1) is 6.92 Å². The van der Waals surface area contributed by atoms with Gasteiger partial charge in [-0.3, -0.25) is 0 Å². The van der Waals surface area contributed by atoms with Gasteiger partial charge in [-0.1, -0.05) is 30.3 Å². The molecule has 1 unspecified atom stereocenters. The second kappa shape index (κ2) is 6.64. The lowest BCUT2D eigenvalue weighted by Gasteiger charge is -2.31. The van der Waals surface area contributed by atoms with Crippen molar-refractivity contribution in [2.45, 2.75) is 25.8 Å². The van der Waals surface area contributed by atoms with E-state index >= 15 is 0 Å². The van der Waals surface area contributed by atoms with Gasteiger partial charge in [0.05, 0.1) is 19.3 Å². The molecule has 0 aliphatic heterocycles. The molecule has 0 saturated heterocycles. The molecule has 0 bridgehead atoms. The molecule has 0 aliphatic carbocycles. The van der Waals surface area contributed by atoms with Crippen LogP contribution in [0.5, 0.6) is 5.75 Å². The van der Waals surface area contributed by atoms with Crippen LogP contribution in [0.15, 0.2) is 48.5 Å². The lowest BCUT2D eigenvalue weighted by molar-refractivity contribution is 0.222. The third-order valence-corrected chi connectivity index (χ3v) is 3.68. The minimum absolute atomic E-state index is 0.0629. The Morgan fingerprint density at radius 2 is 1.76 bits per heavy atom. The predicted octanol–water partition coefficient (Wildman–Crippen LogP) is 3.41. The van der Waals surface area contributed by atoms with E-state index in [0.29, 0.717) is 0 Å². The van der Waals surface area contributed by atoms with E-state index in [1.54, 1.807) is 7.11 Å². The fraction of sp³-hybridized carbons (Fsp3) is 0.333. The number of hydrogen-bond donors (Lipinski definition) is 2. The molecular weight excluding hydrogens is 262 g/mol. The van der Waals surface area contributed by atoms with Gasteiger partial charge >= 0.3 is 0 Å². The van der Waals surface area contributed by atoms with Gasteiger partial charge in [0, 0.05) is 5.69 Å². The molecule has 2 rings (SSSR count). The Morgan fingerprint density at radius 3 is 2.33 bits per heavy atom. The summed E-state index contributed by atoms with van der Waals surface area (Å²) in [7, 11) is 1.66. The average molecular weight is 285 g/mol. The second-order valence-corrected chi connectivity index (χ2v) is 5.68. The van der Waals surface area contributed by atoms with Crippen molar-refractivity contribution in [1.82, 2.24) is 0 Å². The van der Waals surface area contributed by atoms with Gasteiger partial charge in [-0.05, 0) is 49.6 Å². The monoisotopic (exact) mass is 285 g/mol. The summed E-state index contributed by atoms with van der Waals surface area (Å²) in [6.45, 7) is 4.16. The molecule has 3 nitrogen and oxygen atoms in total. The highest BCUT2D eigenvalue weighted by molar-refractivity contribution is 5.52. The molecule has 2 aromatic rings. The average Bonchev–Trinajstić information content (AvgIpc) is 2.50. The summed E-state index contributed by atoms with van der Waals surface area (Å²) in [4.78, 5) is 0. The minimum atomic E-state index is -0.402. The van der Waals surface area contributed by atoms with E-state index in [2.05, 4.69) is 18.3 Å². The van der Waals surface area contributed by atoms with Crippen molar-refractivity contribution < 1.29 is 9.84 Å². The van der Waals surface area contributed by atoms with Crippen LogP contribution >= 0.6 is 0 Å². The third-order valence-electron chi connectivity index (χ3n) is 3.68. The molecular formula is C18H23NO2. The molecule has 21 heavy (non-hydrogen) atoms. The zero-order valence-corrected chi connectivity index (χ0v) is 12.9. The summed E-state index contributed by atoms with van der Waals surface area (Å²) in [5.41, 5.74) is 2.99. The number of nitrogens with one attached hydrogen (secondary N) is 1. The number of hydrogen-bond acceptors (Lipinski definition) is 3. The van der Waals surface area contributed by atoms with Crippen LogP contribution < -0.4 is 10.1 Å². The van der Waals surface area contributed by atoms with E-state index in [-0.39, 0.29) is 6.61 Å². The molecule has 0 aromatic heterocycles. The Labute approximate surface area is 126 Å². The van der Waals surface area contributed by atoms with Crippen molar-refractivity contribution in [3.63, 3.8) is 0 Å². The summed E-state index contributed by atoms with van der Waals surface area (Å²) in [6, 6.07) is 16.1. The van der Waals surface area contributed by atoms with Crippen LogP contribution in [0.25, 0.3) is 0 Å². The summed E-state index contributed by atoms with van der Waals surface area (Å²) in [5, 5.41) is 13.3. The number of benzene rings is 2. The number of rotatable bonds is 6. The first kappa shape index (κ1) is 15.4. The van der Waals surface area contributed by atoms with E-state index in [1.165, 1.54) is 5.56 Å². The molecule has 0 fully saturated rings. The van der Waals surface area contributed by atoms with Crippen molar-refractivity contribution in [2.24, 2.45) is 0 Å². The van der Waals surface area contributed by atoms with E-state index in [0.717, 1.165) is 23.4 Å². The number of aryl methyl sites for hydroxylation is 1. The molecule has 0 heterocycles. The zero-order chi connectivity index (χ0) is 15.3. The van der Waals surface area contributed by atoms with Gasteiger partial charge in [-0.25, -0.2) is 0 Å². The van der Waals surface area contributed by atoms with Crippen LogP contribution in [-0.4, -0.2) is 24.4 Å². The van der Waals surface area contributed by atoms with Crippen LogP contribution in [0.2, 0.25) is 0 Å². The number of anilines is 1. The number of para-hydroxylation sites is 1. The summed E-state index contributed by atoms with van der Waals surface area (Å²) in [6.07, 6.45) is 0.738. The topological polar surface area (TPSA) is 41.5 Å². The summed E-state index contributed by atoms with van der Waals surface area (Å²) < 4.78 is 5.17. The van der Waals surface area contributed by atoms with Crippen molar-refractivity contribution in [3.8, 4) is 5.75 Å². The zero-order valence-electron chi connectivity index (χ0n) is 12.9. The Kier molecular flexibility index (Phi) is 4.86. The Morgan fingerprint density at radius 1 is 1.10 bits per heavy atom. The van der Waals surface area contributed by atoms with Gasteiger partial charge < -0.3 is 15.2 Å². The number of ether oxygens (including phenoxy) is 1. The van der Waals surface area contributed by atoms with E-state index in [4.69, 9.17) is 4.74 Å². The SMILES string of the molecule is COc1ccc(CC(C)(CO)Nc2ccccc2C)cc1. The minimum Gasteiger partial charge on any atom is -0.497 e. The molecule has 0 aliphatic rings. The quantitative estimate of drug-likeness (QED) is 0.854. The maximum absolute atomic E-state index is 9.81. The third kappa shape index (κ3) is 3.99.